The van der Waals surface area contributed by atoms with Gasteiger partial charge >= 0.3 is 34.4 Å². The van der Waals surface area contributed by atoms with Crippen molar-refractivity contribution in [3.63, 3.8) is 0 Å². The Hall–Kier alpha value is 1.03. The maximum absolute atomic E-state index is 8.55. The van der Waals surface area contributed by atoms with Crippen LogP contribution in [-0.4, -0.2) is 34.9 Å². The summed E-state index contributed by atoms with van der Waals surface area (Å²) in [5, 5.41) is 0. The largest absolute Gasteiger partial charge is 3.00 e. The Kier molecular flexibility index (Phi) is 16.6. The third-order valence-electron chi connectivity index (χ3n) is 0. The number of hydrogen-bond acceptors (Lipinski definition) is 8. The first kappa shape index (κ1) is 23.1. The quantitative estimate of drug-likeness (QED) is 0.184. The average Bonchev–Trinajstić information content (AvgIpc) is 1.12. The van der Waals surface area contributed by atoms with Crippen molar-refractivity contribution < 1.29 is 53.8 Å². The molecular weight excluding hydrogens is 274 g/mol. The molecule has 0 N–H and O–H groups in total. The van der Waals surface area contributed by atoms with Gasteiger partial charge in [-0.3, -0.25) is 8.42 Å². The Bertz CT molecular complexity index is 197. The molecule has 0 aliphatic heterocycles. The van der Waals surface area contributed by atoms with Crippen LogP contribution in [0.2, 0.25) is 0 Å². The van der Waals surface area contributed by atoms with Gasteiger partial charge in [-0.2, -0.15) is 7.82 Å². The molecule has 0 atom stereocenters. The van der Waals surface area contributed by atoms with Gasteiger partial charge in [0.25, 0.3) is 0 Å². The Morgan fingerprint density at radius 1 is 1.00 bits per heavy atom. The minimum absolute atomic E-state index is 0. The standard InChI is InChI=1S/Al.Fe.H3O4P.H2O4S/c;;2*1-5(2,3)4/h;;(H3,1,2,3,4);(H2,1,2,3,4)/q+3;+2;;/p-5. The predicted molar refractivity (Wildman–Crippen MR) is 23.8 cm³/mol. The van der Waals surface area contributed by atoms with Crippen molar-refractivity contribution in [2.45, 2.75) is 0 Å². The fourth-order valence-electron chi connectivity index (χ4n) is 0. The molecular formula is AlFeO8PS. The third kappa shape index (κ3) is 1040. The maximum atomic E-state index is 8.55. The summed E-state index contributed by atoms with van der Waals surface area (Å²) in [6.45, 7) is 0. The van der Waals surface area contributed by atoms with Crippen molar-refractivity contribution in [1.82, 2.24) is 0 Å². The van der Waals surface area contributed by atoms with E-state index in [9.17, 15) is 0 Å². The van der Waals surface area contributed by atoms with Crippen LogP contribution >= 0.6 is 7.82 Å². The van der Waals surface area contributed by atoms with E-state index in [4.69, 9.17) is 36.8 Å². The Morgan fingerprint density at radius 3 is 1.00 bits per heavy atom. The van der Waals surface area contributed by atoms with E-state index in [1.54, 1.807) is 0 Å². The Morgan fingerprint density at radius 2 is 1.00 bits per heavy atom. The van der Waals surface area contributed by atoms with Gasteiger partial charge < -0.3 is 28.4 Å². The Labute approximate surface area is 89.4 Å². The monoisotopic (exact) mass is 274 g/mol. The number of rotatable bonds is 0. The summed E-state index contributed by atoms with van der Waals surface area (Å²) in [5.74, 6) is 0. The van der Waals surface area contributed by atoms with E-state index in [1.807, 2.05) is 0 Å². The maximum Gasteiger partial charge on any atom is 3.00 e. The van der Waals surface area contributed by atoms with Crippen LogP contribution in [0.5, 0.6) is 0 Å². The molecule has 0 saturated carbocycles. The second kappa shape index (κ2) is 8.62. The smallest absolute Gasteiger partial charge is 0.822 e. The van der Waals surface area contributed by atoms with Crippen molar-refractivity contribution in [3.8, 4) is 0 Å². The zero-order valence-electron chi connectivity index (χ0n) is 5.05. The molecule has 0 saturated heterocycles. The summed E-state index contributed by atoms with van der Waals surface area (Å²) in [5.41, 5.74) is 0. The van der Waals surface area contributed by atoms with Crippen molar-refractivity contribution in [3.05, 3.63) is 0 Å². The first-order valence-corrected chi connectivity index (χ1v) is 4.19. The molecule has 0 rings (SSSR count). The van der Waals surface area contributed by atoms with Crippen LogP contribution < -0.4 is 14.7 Å². The van der Waals surface area contributed by atoms with E-state index in [-0.39, 0.29) is 34.4 Å². The SMILES string of the molecule is O=P([O-])([O-])[O-].O=S(=O)([O-])[O-].[Al+3].[Fe+2]. The van der Waals surface area contributed by atoms with Crippen molar-refractivity contribution >= 4 is 35.6 Å². The van der Waals surface area contributed by atoms with Gasteiger partial charge in [0, 0.05) is 10.4 Å². The topological polar surface area (TPSA) is 167 Å². The van der Waals surface area contributed by atoms with Crippen LogP contribution in [-0.2, 0) is 32.0 Å². The number of hydrogen-bond donors (Lipinski definition) is 0. The van der Waals surface area contributed by atoms with Gasteiger partial charge in [0.15, 0.2) is 0 Å². The predicted octanol–water partition coefficient (Wildman–Crippen LogP) is -4.55. The molecule has 0 fully saturated rings. The van der Waals surface area contributed by atoms with Gasteiger partial charge in [-0.05, 0) is 0 Å². The first-order valence-electron chi connectivity index (χ1n) is 1.40. The molecule has 0 spiro atoms. The van der Waals surface area contributed by atoms with Crippen molar-refractivity contribution in [1.29, 1.82) is 0 Å². The van der Waals surface area contributed by atoms with Gasteiger partial charge in [-0.1, -0.05) is 0 Å². The van der Waals surface area contributed by atoms with Crippen molar-refractivity contribution in [2.24, 2.45) is 0 Å². The molecule has 0 unspecified atom stereocenters. The van der Waals surface area contributed by atoms with Crippen LogP contribution in [0.1, 0.15) is 0 Å². The van der Waals surface area contributed by atoms with Crippen LogP contribution in [0.25, 0.3) is 0 Å². The fourth-order valence-corrected chi connectivity index (χ4v) is 0. The molecule has 12 heavy (non-hydrogen) atoms. The van der Waals surface area contributed by atoms with Crippen LogP contribution in [0.3, 0.4) is 0 Å². The summed E-state index contributed by atoms with van der Waals surface area (Å²) in [7, 11) is -10.6. The Balaban J connectivity index is -0.0000000457. The fraction of sp³-hybridized carbons (Fsp3) is 0. The molecule has 12 heteroatoms. The molecule has 0 bridgehead atoms. The van der Waals surface area contributed by atoms with Crippen LogP contribution in [0, 0.1) is 0 Å². The molecule has 0 aromatic heterocycles. The molecule has 8 nitrogen and oxygen atoms in total. The molecule has 0 heterocycles. The van der Waals surface area contributed by atoms with Crippen LogP contribution in [0.4, 0.5) is 0 Å². The molecule has 0 aliphatic rings. The molecule has 0 aromatic carbocycles. The summed E-state index contributed by atoms with van der Waals surface area (Å²) < 4.78 is 42.6. The van der Waals surface area contributed by atoms with E-state index in [1.165, 1.54) is 0 Å². The number of phosphoric acid groups is 1. The van der Waals surface area contributed by atoms with E-state index >= 15 is 0 Å². The molecule has 0 aliphatic carbocycles. The molecule has 70 valence electrons. The van der Waals surface area contributed by atoms with Gasteiger partial charge in [-0.15, -0.1) is 0 Å². The first-order chi connectivity index (χ1) is 4.00. The summed E-state index contributed by atoms with van der Waals surface area (Å²) in [6.07, 6.45) is 0. The summed E-state index contributed by atoms with van der Waals surface area (Å²) in [6, 6.07) is 0. The summed E-state index contributed by atoms with van der Waals surface area (Å²) >= 11 is 0. The van der Waals surface area contributed by atoms with E-state index in [0.29, 0.717) is 0 Å². The second-order valence-corrected chi connectivity index (χ2v) is 2.57. The van der Waals surface area contributed by atoms with E-state index in [2.05, 4.69) is 0 Å². The zero-order valence-corrected chi connectivity index (χ0v) is 9.02. The molecule has 0 aromatic rings. The van der Waals surface area contributed by atoms with Gasteiger partial charge in [0.2, 0.25) is 0 Å². The van der Waals surface area contributed by atoms with E-state index < -0.39 is 18.2 Å². The van der Waals surface area contributed by atoms with E-state index in [0.717, 1.165) is 0 Å². The average molecular weight is 274 g/mol. The molecule has 0 radical (unpaired) electrons. The third-order valence-corrected chi connectivity index (χ3v) is 0. The normalized spacial score (nSPS) is 9.75. The van der Waals surface area contributed by atoms with Gasteiger partial charge in [0.1, 0.15) is 0 Å². The van der Waals surface area contributed by atoms with Gasteiger partial charge in [0.05, 0.1) is 0 Å². The van der Waals surface area contributed by atoms with Crippen molar-refractivity contribution in [2.75, 3.05) is 0 Å². The van der Waals surface area contributed by atoms with Crippen LogP contribution in [0.15, 0.2) is 0 Å². The minimum atomic E-state index is -5.39. The van der Waals surface area contributed by atoms with Gasteiger partial charge in [-0.25, -0.2) is 0 Å². The zero-order chi connectivity index (χ0) is 9.00. The second-order valence-electron chi connectivity index (χ2n) is 0.855. The minimum Gasteiger partial charge on any atom is -0.822 e. The summed E-state index contributed by atoms with van der Waals surface area (Å²) in [4.78, 5) is 25.6. The molecule has 0 amide bonds.